The van der Waals surface area contributed by atoms with E-state index in [9.17, 15) is 9.59 Å². The molecule has 5 heteroatoms. The molecule has 0 aliphatic rings. The van der Waals surface area contributed by atoms with E-state index < -0.39 is 0 Å². The minimum atomic E-state index is -0.255. The molecular weight excluding hydrogens is 312 g/mol. The highest BCUT2D eigenvalue weighted by Crippen LogP contribution is 2.10. The number of halogens is 1. The molecule has 0 fully saturated rings. The molecule has 0 atom stereocenters. The van der Waals surface area contributed by atoms with Crippen molar-refractivity contribution in [3.8, 4) is 0 Å². The van der Waals surface area contributed by atoms with Crippen LogP contribution in [0.1, 0.15) is 27.0 Å². The van der Waals surface area contributed by atoms with Gasteiger partial charge in [-0.1, -0.05) is 29.8 Å². The van der Waals surface area contributed by atoms with E-state index in [4.69, 9.17) is 11.6 Å². The number of aryl methyl sites for hydroxylation is 2. The lowest BCUT2D eigenvalue weighted by atomic mass is 10.1. The molecule has 0 bridgehead atoms. The SMILES string of the molecule is Cc1ccc(C(=O)NCC(=O)NCc2ccc(Cl)cc2)cc1C. The largest absolute Gasteiger partial charge is 0.350 e. The molecule has 0 aliphatic heterocycles. The summed E-state index contributed by atoms with van der Waals surface area (Å²) in [5.74, 6) is -0.494. The third kappa shape index (κ3) is 5.11. The highest BCUT2D eigenvalue weighted by molar-refractivity contribution is 6.30. The summed E-state index contributed by atoms with van der Waals surface area (Å²) in [5, 5.41) is 6.02. The van der Waals surface area contributed by atoms with Crippen molar-refractivity contribution in [2.45, 2.75) is 20.4 Å². The van der Waals surface area contributed by atoms with E-state index in [1.165, 1.54) is 0 Å². The number of hydrogen-bond acceptors (Lipinski definition) is 2. The zero-order valence-electron chi connectivity index (χ0n) is 13.2. The Morgan fingerprint density at radius 3 is 2.30 bits per heavy atom. The van der Waals surface area contributed by atoms with Crippen molar-refractivity contribution < 1.29 is 9.59 Å². The normalized spacial score (nSPS) is 10.2. The highest BCUT2D eigenvalue weighted by Gasteiger charge is 2.08. The van der Waals surface area contributed by atoms with E-state index in [1.54, 1.807) is 18.2 Å². The lowest BCUT2D eigenvalue weighted by Crippen LogP contribution is -2.36. The van der Waals surface area contributed by atoms with Crippen molar-refractivity contribution in [3.05, 3.63) is 69.7 Å². The first-order valence-electron chi connectivity index (χ1n) is 7.32. The zero-order chi connectivity index (χ0) is 16.8. The molecule has 2 amide bonds. The third-order valence-corrected chi connectivity index (χ3v) is 3.83. The highest BCUT2D eigenvalue weighted by atomic mass is 35.5. The number of rotatable bonds is 5. The number of nitrogens with one attached hydrogen (secondary N) is 2. The van der Waals surface area contributed by atoms with Crippen molar-refractivity contribution in [2.24, 2.45) is 0 Å². The molecule has 0 heterocycles. The summed E-state index contributed by atoms with van der Waals surface area (Å²) < 4.78 is 0. The van der Waals surface area contributed by atoms with Crippen LogP contribution in [-0.2, 0) is 11.3 Å². The number of amides is 2. The summed E-state index contributed by atoms with van der Waals surface area (Å²) in [5.41, 5.74) is 3.67. The predicted molar refractivity (Wildman–Crippen MR) is 91.5 cm³/mol. The van der Waals surface area contributed by atoms with E-state index in [1.807, 2.05) is 38.1 Å². The van der Waals surface area contributed by atoms with Gasteiger partial charge in [-0.3, -0.25) is 9.59 Å². The van der Waals surface area contributed by atoms with Gasteiger partial charge in [-0.15, -0.1) is 0 Å². The van der Waals surface area contributed by atoms with Crippen LogP contribution in [0.4, 0.5) is 0 Å². The summed E-state index contributed by atoms with van der Waals surface area (Å²) in [6, 6.07) is 12.7. The van der Waals surface area contributed by atoms with Crippen LogP contribution in [-0.4, -0.2) is 18.4 Å². The number of benzene rings is 2. The van der Waals surface area contributed by atoms with Crippen molar-refractivity contribution in [3.63, 3.8) is 0 Å². The van der Waals surface area contributed by atoms with Crippen LogP contribution in [0.5, 0.6) is 0 Å². The molecule has 0 aromatic heterocycles. The minimum Gasteiger partial charge on any atom is -0.350 e. The molecule has 0 radical (unpaired) electrons. The van der Waals surface area contributed by atoms with Gasteiger partial charge in [-0.25, -0.2) is 0 Å². The summed E-state index contributed by atoms with van der Waals surface area (Å²) >= 11 is 5.80. The molecule has 2 aromatic rings. The fourth-order valence-electron chi connectivity index (χ4n) is 2.01. The van der Waals surface area contributed by atoms with Crippen molar-refractivity contribution in [1.29, 1.82) is 0 Å². The van der Waals surface area contributed by atoms with Crippen LogP contribution in [0.3, 0.4) is 0 Å². The van der Waals surface area contributed by atoms with E-state index in [0.29, 0.717) is 17.1 Å². The lowest BCUT2D eigenvalue weighted by molar-refractivity contribution is -0.120. The number of carbonyl (C=O) groups is 2. The first-order chi connectivity index (χ1) is 11.0. The van der Waals surface area contributed by atoms with Crippen molar-refractivity contribution in [2.75, 3.05) is 6.54 Å². The van der Waals surface area contributed by atoms with Gasteiger partial charge in [0.15, 0.2) is 0 Å². The molecule has 0 spiro atoms. The maximum Gasteiger partial charge on any atom is 0.251 e. The second kappa shape index (κ2) is 7.79. The van der Waals surface area contributed by atoms with Crippen LogP contribution in [0, 0.1) is 13.8 Å². The maximum atomic E-state index is 12.0. The fraction of sp³-hybridized carbons (Fsp3) is 0.222. The molecule has 0 saturated carbocycles. The molecule has 0 aliphatic carbocycles. The average Bonchev–Trinajstić information content (AvgIpc) is 2.54. The Hall–Kier alpha value is -2.33. The van der Waals surface area contributed by atoms with E-state index in [2.05, 4.69) is 10.6 Å². The van der Waals surface area contributed by atoms with Gasteiger partial charge in [-0.2, -0.15) is 0 Å². The lowest BCUT2D eigenvalue weighted by Gasteiger charge is -2.08. The average molecular weight is 331 g/mol. The van der Waals surface area contributed by atoms with Crippen LogP contribution in [0.2, 0.25) is 5.02 Å². The summed E-state index contributed by atoms with van der Waals surface area (Å²) in [6.07, 6.45) is 0. The molecule has 2 rings (SSSR count). The van der Waals surface area contributed by atoms with Gasteiger partial charge in [0.05, 0.1) is 6.54 Å². The van der Waals surface area contributed by atoms with Gasteiger partial charge in [0, 0.05) is 17.1 Å². The van der Waals surface area contributed by atoms with Crippen molar-refractivity contribution >= 4 is 23.4 Å². The Morgan fingerprint density at radius 2 is 1.65 bits per heavy atom. The minimum absolute atomic E-state index is 0.0562. The second-order valence-electron chi connectivity index (χ2n) is 5.38. The Labute approximate surface area is 140 Å². The first kappa shape index (κ1) is 17.0. The zero-order valence-corrected chi connectivity index (χ0v) is 13.9. The summed E-state index contributed by atoms with van der Waals surface area (Å²) in [4.78, 5) is 23.8. The van der Waals surface area contributed by atoms with Gasteiger partial charge < -0.3 is 10.6 Å². The van der Waals surface area contributed by atoms with Crippen LogP contribution in [0.25, 0.3) is 0 Å². The molecule has 0 unspecified atom stereocenters. The standard InChI is InChI=1S/C18H19ClN2O2/c1-12-3-6-15(9-13(12)2)18(23)21-11-17(22)20-10-14-4-7-16(19)8-5-14/h3-9H,10-11H2,1-2H3,(H,20,22)(H,21,23). The Bertz CT molecular complexity index is 711. The molecule has 2 N–H and O–H groups in total. The first-order valence-corrected chi connectivity index (χ1v) is 7.70. The van der Waals surface area contributed by atoms with Crippen molar-refractivity contribution in [1.82, 2.24) is 10.6 Å². The van der Waals surface area contributed by atoms with Crippen LogP contribution < -0.4 is 10.6 Å². The molecule has 2 aromatic carbocycles. The molecule has 23 heavy (non-hydrogen) atoms. The number of hydrogen-bond donors (Lipinski definition) is 2. The van der Waals surface area contributed by atoms with Gasteiger partial charge in [0.1, 0.15) is 0 Å². The summed E-state index contributed by atoms with van der Waals surface area (Å²) in [7, 11) is 0. The molecule has 120 valence electrons. The Kier molecular flexibility index (Phi) is 5.77. The Morgan fingerprint density at radius 1 is 0.957 bits per heavy atom. The van der Waals surface area contributed by atoms with E-state index >= 15 is 0 Å². The fourth-order valence-corrected chi connectivity index (χ4v) is 2.14. The number of carbonyl (C=O) groups excluding carboxylic acids is 2. The quantitative estimate of drug-likeness (QED) is 0.885. The summed E-state index contributed by atoms with van der Waals surface area (Å²) in [6.45, 7) is 4.28. The van der Waals surface area contributed by atoms with Gasteiger partial charge in [-0.05, 0) is 54.8 Å². The smallest absolute Gasteiger partial charge is 0.251 e. The Balaban J connectivity index is 1.80. The van der Waals surface area contributed by atoms with Crippen LogP contribution >= 0.6 is 11.6 Å². The maximum absolute atomic E-state index is 12.0. The van der Waals surface area contributed by atoms with E-state index in [0.717, 1.165) is 16.7 Å². The molecule has 4 nitrogen and oxygen atoms in total. The third-order valence-electron chi connectivity index (χ3n) is 3.58. The second-order valence-corrected chi connectivity index (χ2v) is 5.82. The molecular formula is C18H19ClN2O2. The van der Waals surface area contributed by atoms with Crippen LogP contribution in [0.15, 0.2) is 42.5 Å². The molecule has 0 saturated heterocycles. The van der Waals surface area contributed by atoms with E-state index in [-0.39, 0.29) is 18.4 Å². The van der Waals surface area contributed by atoms with Gasteiger partial charge in [0.2, 0.25) is 5.91 Å². The monoisotopic (exact) mass is 330 g/mol. The topological polar surface area (TPSA) is 58.2 Å². The van der Waals surface area contributed by atoms with Gasteiger partial charge >= 0.3 is 0 Å². The van der Waals surface area contributed by atoms with Gasteiger partial charge in [0.25, 0.3) is 5.91 Å². The predicted octanol–water partition coefficient (Wildman–Crippen LogP) is 3.00.